The summed E-state index contributed by atoms with van der Waals surface area (Å²) in [6.07, 6.45) is 6.88. The van der Waals surface area contributed by atoms with Crippen LogP contribution in [0.5, 0.6) is 0 Å². The van der Waals surface area contributed by atoms with E-state index in [1.54, 1.807) is 0 Å². The first-order chi connectivity index (χ1) is 7.96. The Morgan fingerprint density at radius 3 is 2.65 bits per heavy atom. The number of rotatable bonds is 2. The summed E-state index contributed by atoms with van der Waals surface area (Å²) in [6.45, 7) is 6.61. The fourth-order valence-corrected chi connectivity index (χ4v) is 3.43. The lowest BCUT2D eigenvalue weighted by Gasteiger charge is -2.42. The van der Waals surface area contributed by atoms with Gasteiger partial charge in [0.1, 0.15) is 6.23 Å². The van der Waals surface area contributed by atoms with Gasteiger partial charge in [0, 0.05) is 5.54 Å². The van der Waals surface area contributed by atoms with E-state index in [0.717, 1.165) is 25.7 Å². The van der Waals surface area contributed by atoms with Crippen LogP contribution in [0.4, 0.5) is 0 Å². The summed E-state index contributed by atoms with van der Waals surface area (Å²) >= 11 is 0. The van der Waals surface area contributed by atoms with Crippen LogP contribution in [-0.4, -0.2) is 29.1 Å². The molecule has 2 aliphatic rings. The molecular formula is C14H27NO2. The van der Waals surface area contributed by atoms with Crippen molar-refractivity contribution in [3.63, 3.8) is 0 Å². The highest BCUT2D eigenvalue weighted by molar-refractivity contribution is 4.88. The maximum atomic E-state index is 10.0. The fourth-order valence-electron chi connectivity index (χ4n) is 3.43. The van der Waals surface area contributed by atoms with Crippen molar-refractivity contribution in [2.24, 2.45) is 5.92 Å². The standard InChI is InChI=1S/C14H27NO2/c1-10-9-14(2,3)15-13(17-10)8-11-6-4-5-7-12(11)16/h10-13,15-16H,4-9H2,1-3H3. The zero-order valence-electron chi connectivity index (χ0n) is 11.4. The summed E-state index contributed by atoms with van der Waals surface area (Å²) in [5.41, 5.74) is 0.155. The SMILES string of the molecule is CC1CC(C)(C)NC(CC2CCCCC2O)O1. The van der Waals surface area contributed by atoms with Gasteiger partial charge < -0.3 is 9.84 Å². The van der Waals surface area contributed by atoms with Crippen LogP contribution in [0.2, 0.25) is 0 Å². The van der Waals surface area contributed by atoms with E-state index in [2.05, 4.69) is 26.1 Å². The molecule has 1 aliphatic carbocycles. The van der Waals surface area contributed by atoms with Gasteiger partial charge >= 0.3 is 0 Å². The van der Waals surface area contributed by atoms with Crippen LogP contribution in [0.3, 0.4) is 0 Å². The van der Waals surface area contributed by atoms with Crippen molar-refractivity contribution in [2.45, 2.75) is 83.3 Å². The fraction of sp³-hybridized carbons (Fsp3) is 1.00. The lowest BCUT2D eigenvalue weighted by atomic mass is 9.83. The monoisotopic (exact) mass is 241 g/mol. The maximum absolute atomic E-state index is 10.0. The number of hydrogen-bond acceptors (Lipinski definition) is 3. The minimum atomic E-state index is -0.116. The molecular weight excluding hydrogens is 214 g/mol. The molecule has 0 spiro atoms. The first kappa shape index (κ1) is 13.3. The molecule has 2 rings (SSSR count). The van der Waals surface area contributed by atoms with Crippen LogP contribution in [-0.2, 0) is 4.74 Å². The Labute approximate surface area is 105 Å². The molecule has 0 radical (unpaired) electrons. The van der Waals surface area contributed by atoms with E-state index in [-0.39, 0.29) is 17.9 Å². The largest absolute Gasteiger partial charge is 0.393 e. The molecule has 1 aliphatic heterocycles. The van der Waals surface area contributed by atoms with Crippen molar-refractivity contribution < 1.29 is 9.84 Å². The summed E-state index contributed by atoms with van der Waals surface area (Å²) in [6, 6.07) is 0. The highest BCUT2D eigenvalue weighted by Crippen LogP contribution is 2.31. The second-order valence-corrected chi connectivity index (χ2v) is 6.52. The van der Waals surface area contributed by atoms with Crippen LogP contribution < -0.4 is 5.32 Å². The van der Waals surface area contributed by atoms with Gasteiger partial charge in [-0.2, -0.15) is 0 Å². The molecule has 4 atom stereocenters. The second-order valence-electron chi connectivity index (χ2n) is 6.52. The number of hydrogen-bond donors (Lipinski definition) is 2. The summed E-state index contributed by atoms with van der Waals surface area (Å²) in [7, 11) is 0. The molecule has 3 heteroatoms. The third-order valence-corrected chi connectivity index (χ3v) is 4.13. The van der Waals surface area contributed by atoms with Crippen LogP contribution in [0.15, 0.2) is 0 Å². The van der Waals surface area contributed by atoms with Crippen LogP contribution in [0.25, 0.3) is 0 Å². The van der Waals surface area contributed by atoms with Crippen LogP contribution >= 0.6 is 0 Å². The summed E-state index contributed by atoms with van der Waals surface area (Å²) in [5, 5.41) is 13.6. The topological polar surface area (TPSA) is 41.5 Å². The van der Waals surface area contributed by atoms with E-state index in [9.17, 15) is 5.11 Å². The van der Waals surface area contributed by atoms with Gasteiger partial charge in [-0.05, 0) is 52.4 Å². The molecule has 1 saturated carbocycles. The second kappa shape index (κ2) is 5.25. The highest BCUT2D eigenvalue weighted by atomic mass is 16.5. The molecule has 0 amide bonds. The molecule has 3 nitrogen and oxygen atoms in total. The lowest BCUT2D eigenvalue weighted by molar-refractivity contribution is -0.105. The molecule has 1 saturated heterocycles. The summed E-state index contributed by atoms with van der Waals surface area (Å²) in [4.78, 5) is 0. The molecule has 0 aromatic rings. The third-order valence-electron chi connectivity index (χ3n) is 4.13. The molecule has 1 heterocycles. The number of aliphatic hydroxyl groups excluding tert-OH is 1. The first-order valence-electron chi connectivity index (χ1n) is 7.07. The number of ether oxygens (including phenoxy) is 1. The van der Waals surface area contributed by atoms with E-state index in [1.807, 2.05) is 0 Å². The van der Waals surface area contributed by atoms with Gasteiger partial charge in [0.15, 0.2) is 0 Å². The predicted octanol–water partition coefficient (Wildman–Crippen LogP) is 2.43. The molecule has 4 unspecified atom stereocenters. The Morgan fingerprint density at radius 2 is 2.00 bits per heavy atom. The number of nitrogens with one attached hydrogen (secondary N) is 1. The van der Waals surface area contributed by atoms with Crippen LogP contribution in [0, 0.1) is 5.92 Å². The zero-order chi connectivity index (χ0) is 12.5. The third kappa shape index (κ3) is 3.67. The first-order valence-corrected chi connectivity index (χ1v) is 7.07. The van der Waals surface area contributed by atoms with E-state index < -0.39 is 0 Å². The van der Waals surface area contributed by atoms with Gasteiger partial charge in [0.25, 0.3) is 0 Å². The quantitative estimate of drug-likeness (QED) is 0.780. The van der Waals surface area contributed by atoms with E-state index in [1.165, 1.54) is 12.8 Å². The average molecular weight is 241 g/mol. The van der Waals surface area contributed by atoms with Gasteiger partial charge in [0.2, 0.25) is 0 Å². The van der Waals surface area contributed by atoms with Crippen molar-refractivity contribution in [3.8, 4) is 0 Å². The van der Waals surface area contributed by atoms with E-state index in [0.29, 0.717) is 12.0 Å². The normalized spacial score (nSPS) is 42.4. The van der Waals surface area contributed by atoms with Crippen molar-refractivity contribution in [3.05, 3.63) is 0 Å². The predicted molar refractivity (Wildman–Crippen MR) is 68.7 cm³/mol. The molecule has 17 heavy (non-hydrogen) atoms. The zero-order valence-corrected chi connectivity index (χ0v) is 11.4. The summed E-state index contributed by atoms with van der Waals surface area (Å²) < 4.78 is 5.95. The average Bonchev–Trinajstić information content (AvgIpc) is 2.18. The lowest BCUT2D eigenvalue weighted by Crippen LogP contribution is -2.55. The summed E-state index contributed by atoms with van der Waals surface area (Å²) in [5.74, 6) is 0.419. The van der Waals surface area contributed by atoms with Gasteiger partial charge in [-0.3, -0.25) is 5.32 Å². The van der Waals surface area contributed by atoms with Crippen molar-refractivity contribution >= 4 is 0 Å². The molecule has 0 aromatic heterocycles. The molecule has 0 aromatic carbocycles. The van der Waals surface area contributed by atoms with Crippen LogP contribution in [0.1, 0.15) is 59.3 Å². The molecule has 2 N–H and O–H groups in total. The Hall–Kier alpha value is -0.120. The van der Waals surface area contributed by atoms with Crippen molar-refractivity contribution in [1.82, 2.24) is 5.32 Å². The Kier molecular flexibility index (Phi) is 4.11. The van der Waals surface area contributed by atoms with E-state index >= 15 is 0 Å². The Morgan fingerprint density at radius 1 is 1.29 bits per heavy atom. The van der Waals surface area contributed by atoms with Gasteiger partial charge in [-0.1, -0.05) is 12.8 Å². The van der Waals surface area contributed by atoms with Gasteiger partial charge in [-0.25, -0.2) is 0 Å². The van der Waals surface area contributed by atoms with Crippen molar-refractivity contribution in [1.29, 1.82) is 0 Å². The Bertz CT molecular complexity index is 255. The van der Waals surface area contributed by atoms with Gasteiger partial charge in [-0.15, -0.1) is 0 Å². The minimum Gasteiger partial charge on any atom is -0.393 e. The molecule has 2 fully saturated rings. The Balaban J connectivity index is 1.89. The number of aliphatic hydroxyl groups is 1. The molecule has 0 bridgehead atoms. The van der Waals surface area contributed by atoms with E-state index in [4.69, 9.17) is 4.74 Å². The van der Waals surface area contributed by atoms with Crippen molar-refractivity contribution in [2.75, 3.05) is 0 Å². The highest BCUT2D eigenvalue weighted by Gasteiger charge is 2.34. The maximum Gasteiger partial charge on any atom is 0.109 e. The minimum absolute atomic E-state index is 0.116. The molecule has 100 valence electrons. The van der Waals surface area contributed by atoms with Gasteiger partial charge in [0.05, 0.1) is 12.2 Å². The smallest absolute Gasteiger partial charge is 0.109 e.